The van der Waals surface area contributed by atoms with Gasteiger partial charge in [0.1, 0.15) is 0 Å². The van der Waals surface area contributed by atoms with Crippen LogP contribution in [-0.4, -0.2) is 37.0 Å². The second-order valence-corrected chi connectivity index (χ2v) is 6.01. The number of anilines is 1. The molecule has 0 atom stereocenters. The third-order valence-electron chi connectivity index (χ3n) is 3.88. The molecule has 2 aromatic rings. The number of hydrogen-bond acceptors (Lipinski definition) is 5. The molecule has 1 heterocycles. The minimum Gasteiger partial charge on any atom is -0.454 e. The number of carbonyl (C=O) groups excluding carboxylic acids is 2. The average molecular weight is 340 g/mol. The van der Waals surface area contributed by atoms with E-state index in [1.54, 1.807) is 24.3 Å². The molecule has 2 aromatic carbocycles. The van der Waals surface area contributed by atoms with E-state index in [2.05, 4.69) is 5.32 Å². The highest BCUT2D eigenvalue weighted by molar-refractivity contribution is 6.04. The minimum atomic E-state index is -0.169. The van der Waals surface area contributed by atoms with Gasteiger partial charge in [-0.25, -0.2) is 0 Å². The van der Waals surface area contributed by atoms with Crippen LogP contribution in [0.4, 0.5) is 5.69 Å². The van der Waals surface area contributed by atoms with Crippen molar-refractivity contribution in [1.29, 1.82) is 0 Å². The van der Waals surface area contributed by atoms with Gasteiger partial charge in [0.05, 0.1) is 12.2 Å². The first-order valence-corrected chi connectivity index (χ1v) is 8.00. The number of para-hydroxylation sites is 1. The summed E-state index contributed by atoms with van der Waals surface area (Å²) in [5.74, 6) is 1.22. The number of nitrogens with zero attached hydrogens (tertiary/aromatic N) is 1. The van der Waals surface area contributed by atoms with Gasteiger partial charge in [0.25, 0.3) is 0 Å². The van der Waals surface area contributed by atoms with Gasteiger partial charge in [0.2, 0.25) is 12.7 Å². The summed E-state index contributed by atoms with van der Waals surface area (Å²) in [5.41, 5.74) is 2.08. The molecule has 1 aliphatic rings. The molecule has 0 saturated carbocycles. The van der Waals surface area contributed by atoms with Crippen molar-refractivity contribution in [2.24, 2.45) is 0 Å². The number of nitrogens with one attached hydrogen (secondary N) is 1. The smallest absolute Gasteiger partial charge is 0.238 e. The third kappa shape index (κ3) is 4.16. The summed E-state index contributed by atoms with van der Waals surface area (Å²) in [6.07, 6.45) is 0. The zero-order chi connectivity index (χ0) is 17.8. The number of amides is 1. The molecule has 0 radical (unpaired) electrons. The van der Waals surface area contributed by atoms with E-state index in [9.17, 15) is 9.59 Å². The van der Waals surface area contributed by atoms with Crippen LogP contribution in [-0.2, 0) is 11.3 Å². The van der Waals surface area contributed by atoms with E-state index >= 15 is 0 Å². The lowest BCUT2D eigenvalue weighted by molar-refractivity contribution is -0.117. The van der Waals surface area contributed by atoms with Gasteiger partial charge in [0, 0.05) is 12.1 Å². The van der Waals surface area contributed by atoms with Gasteiger partial charge in [0.15, 0.2) is 17.3 Å². The average Bonchev–Trinajstić information content (AvgIpc) is 3.02. The Labute approximate surface area is 146 Å². The first-order chi connectivity index (χ1) is 12.0. The zero-order valence-electron chi connectivity index (χ0n) is 14.2. The van der Waals surface area contributed by atoms with E-state index in [1.165, 1.54) is 6.92 Å². The number of ether oxygens (including phenoxy) is 2. The van der Waals surface area contributed by atoms with Gasteiger partial charge in [-0.2, -0.15) is 0 Å². The van der Waals surface area contributed by atoms with Crippen molar-refractivity contribution in [2.75, 3.05) is 25.7 Å². The molecule has 1 amide bonds. The second kappa shape index (κ2) is 7.36. The number of hydrogen-bond donors (Lipinski definition) is 1. The molecule has 0 aliphatic carbocycles. The standard InChI is InChI=1S/C19H20N2O4/c1-13(22)15-5-3-4-6-16(15)20-19(23)11-21(2)10-14-7-8-17-18(9-14)25-12-24-17/h3-9H,10-12H2,1-2H3,(H,20,23). The molecule has 130 valence electrons. The number of benzene rings is 2. The van der Waals surface area contributed by atoms with E-state index < -0.39 is 0 Å². The van der Waals surface area contributed by atoms with Gasteiger partial charge in [-0.1, -0.05) is 18.2 Å². The first kappa shape index (κ1) is 17.0. The van der Waals surface area contributed by atoms with Gasteiger partial charge >= 0.3 is 0 Å². The lowest BCUT2D eigenvalue weighted by Crippen LogP contribution is -2.30. The molecule has 0 aromatic heterocycles. The molecule has 6 nitrogen and oxygen atoms in total. The number of Topliss-reactive ketones (excluding diaryl/α,β-unsaturated/α-hetero) is 1. The fourth-order valence-electron chi connectivity index (χ4n) is 2.74. The SMILES string of the molecule is CC(=O)c1ccccc1NC(=O)CN(C)Cc1ccc2c(c1)OCO2. The van der Waals surface area contributed by atoms with Crippen LogP contribution in [0.3, 0.4) is 0 Å². The summed E-state index contributed by atoms with van der Waals surface area (Å²) in [6.45, 7) is 2.53. The minimum absolute atomic E-state index is 0.0791. The summed E-state index contributed by atoms with van der Waals surface area (Å²) >= 11 is 0. The van der Waals surface area contributed by atoms with Crippen LogP contribution < -0.4 is 14.8 Å². The highest BCUT2D eigenvalue weighted by Crippen LogP contribution is 2.32. The quantitative estimate of drug-likeness (QED) is 0.819. The Morgan fingerprint density at radius 2 is 1.88 bits per heavy atom. The van der Waals surface area contributed by atoms with Gasteiger partial charge in [-0.05, 0) is 43.8 Å². The Bertz CT molecular complexity index is 804. The number of rotatable bonds is 6. The van der Waals surface area contributed by atoms with Crippen LogP contribution in [0.5, 0.6) is 11.5 Å². The summed E-state index contributed by atoms with van der Waals surface area (Å²) < 4.78 is 10.7. The Balaban J connectivity index is 1.59. The van der Waals surface area contributed by atoms with Crippen LogP contribution in [0.25, 0.3) is 0 Å². The highest BCUT2D eigenvalue weighted by atomic mass is 16.7. The number of ketones is 1. The third-order valence-corrected chi connectivity index (χ3v) is 3.88. The van der Waals surface area contributed by atoms with Crippen molar-refractivity contribution in [3.05, 3.63) is 53.6 Å². The zero-order valence-corrected chi connectivity index (χ0v) is 14.2. The predicted octanol–water partition coefficient (Wildman–Crippen LogP) is 2.69. The van der Waals surface area contributed by atoms with E-state index in [4.69, 9.17) is 9.47 Å². The predicted molar refractivity (Wildman–Crippen MR) is 94.0 cm³/mol. The van der Waals surface area contributed by atoms with E-state index in [0.717, 1.165) is 17.1 Å². The summed E-state index contributed by atoms with van der Waals surface area (Å²) in [4.78, 5) is 25.8. The number of carbonyl (C=O) groups is 2. The summed E-state index contributed by atoms with van der Waals surface area (Å²) in [6, 6.07) is 12.7. The van der Waals surface area contributed by atoms with Crippen LogP contribution in [0, 0.1) is 0 Å². The summed E-state index contributed by atoms with van der Waals surface area (Å²) in [7, 11) is 1.86. The largest absolute Gasteiger partial charge is 0.454 e. The maximum Gasteiger partial charge on any atom is 0.238 e. The molecule has 25 heavy (non-hydrogen) atoms. The van der Waals surface area contributed by atoms with Crippen LogP contribution in [0.2, 0.25) is 0 Å². The van der Waals surface area contributed by atoms with Crippen molar-refractivity contribution in [3.8, 4) is 11.5 Å². The van der Waals surface area contributed by atoms with Crippen LogP contribution in [0.1, 0.15) is 22.8 Å². The molecule has 3 rings (SSSR count). The van der Waals surface area contributed by atoms with E-state index in [-0.39, 0.29) is 25.0 Å². The number of likely N-dealkylation sites (N-methyl/N-ethyl adjacent to an activating group) is 1. The topological polar surface area (TPSA) is 67.9 Å². The van der Waals surface area contributed by atoms with Crippen LogP contribution in [0.15, 0.2) is 42.5 Å². The maximum absolute atomic E-state index is 12.3. The normalized spacial score (nSPS) is 12.3. The molecule has 0 unspecified atom stereocenters. The van der Waals surface area contributed by atoms with Gasteiger partial charge < -0.3 is 14.8 Å². The molecular weight excluding hydrogens is 320 g/mol. The molecule has 0 fully saturated rings. The molecule has 0 bridgehead atoms. The molecular formula is C19H20N2O4. The van der Waals surface area contributed by atoms with Crippen molar-refractivity contribution >= 4 is 17.4 Å². The Morgan fingerprint density at radius 1 is 1.12 bits per heavy atom. The Morgan fingerprint density at radius 3 is 2.68 bits per heavy atom. The highest BCUT2D eigenvalue weighted by Gasteiger charge is 2.15. The lowest BCUT2D eigenvalue weighted by Gasteiger charge is -2.17. The maximum atomic E-state index is 12.3. The van der Waals surface area contributed by atoms with Gasteiger partial charge in [-0.3, -0.25) is 14.5 Å². The van der Waals surface area contributed by atoms with Crippen molar-refractivity contribution < 1.29 is 19.1 Å². The molecule has 6 heteroatoms. The van der Waals surface area contributed by atoms with Crippen molar-refractivity contribution in [2.45, 2.75) is 13.5 Å². The molecule has 0 saturated heterocycles. The molecule has 0 spiro atoms. The lowest BCUT2D eigenvalue weighted by atomic mass is 10.1. The molecule has 1 aliphatic heterocycles. The Kier molecular flexibility index (Phi) is 5.00. The fourth-order valence-corrected chi connectivity index (χ4v) is 2.74. The Hall–Kier alpha value is -2.86. The van der Waals surface area contributed by atoms with Gasteiger partial charge in [-0.15, -0.1) is 0 Å². The number of fused-ring (bicyclic) bond motifs is 1. The van der Waals surface area contributed by atoms with E-state index in [0.29, 0.717) is 17.8 Å². The fraction of sp³-hybridized carbons (Fsp3) is 0.263. The van der Waals surface area contributed by atoms with Crippen LogP contribution >= 0.6 is 0 Å². The van der Waals surface area contributed by atoms with Crippen molar-refractivity contribution in [3.63, 3.8) is 0 Å². The second-order valence-electron chi connectivity index (χ2n) is 6.01. The monoisotopic (exact) mass is 340 g/mol. The van der Waals surface area contributed by atoms with E-state index in [1.807, 2.05) is 30.1 Å². The molecule has 1 N–H and O–H groups in total. The van der Waals surface area contributed by atoms with Crippen molar-refractivity contribution in [1.82, 2.24) is 4.90 Å². The first-order valence-electron chi connectivity index (χ1n) is 8.00. The summed E-state index contributed by atoms with van der Waals surface area (Å²) in [5, 5.41) is 2.80.